The Kier molecular flexibility index (Phi) is 3.42. The highest BCUT2D eigenvalue weighted by atomic mass is 16.6. The monoisotopic (exact) mass is 290 g/mol. The summed E-state index contributed by atoms with van der Waals surface area (Å²) in [6.07, 6.45) is 1.70. The summed E-state index contributed by atoms with van der Waals surface area (Å²) in [6.45, 7) is 1.78. The molecule has 0 radical (unpaired) electrons. The maximum absolute atomic E-state index is 12.1. The number of anilines is 1. The van der Waals surface area contributed by atoms with Gasteiger partial charge in [0, 0.05) is 31.9 Å². The number of hydrogen-bond acceptors (Lipinski definition) is 5. The normalized spacial score (nSPS) is 19.0. The minimum absolute atomic E-state index is 0.126. The average molecular weight is 290 g/mol. The van der Waals surface area contributed by atoms with E-state index >= 15 is 0 Å². The number of carbonyl (C=O) groups excluding carboxylic acids is 2. The van der Waals surface area contributed by atoms with Gasteiger partial charge in [0.05, 0.1) is 16.2 Å². The van der Waals surface area contributed by atoms with Gasteiger partial charge in [0.2, 0.25) is 0 Å². The number of nitro groups is 1. The average Bonchev–Trinajstić information content (AvgIpc) is 2.73. The van der Waals surface area contributed by atoms with E-state index in [1.54, 1.807) is 0 Å². The SMILES string of the molecule is O=C1C(=O)N(CC2CCOCC2)c2ccc([N+](=O)[O-])cc21. The Balaban J connectivity index is 1.88. The number of carbonyl (C=O) groups is 2. The maximum atomic E-state index is 12.1. The van der Waals surface area contributed by atoms with Gasteiger partial charge in [0.15, 0.2) is 0 Å². The number of ether oxygens (including phenoxy) is 1. The van der Waals surface area contributed by atoms with Crippen molar-refractivity contribution in [1.29, 1.82) is 0 Å². The van der Waals surface area contributed by atoms with Gasteiger partial charge in [-0.3, -0.25) is 19.7 Å². The summed E-state index contributed by atoms with van der Waals surface area (Å²) in [6, 6.07) is 3.98. The van der Waals surface area contributed by atoms with Crippen LogP contribution in [-0.4, -0.2) is 36.4 Å². The zero-order chi connectivity index (χ0) is 15.0. The Bertz CT molecular complexity index is 622. The van der Waals surface area contributed by atoms with Crippen LogP contribution >= 0.6 is 0 Å². The van der Waals surface area contributed by atoms with Gasteiger partial charge in [-0.15, -0.1) is 0 Å². The van der Waals surface area contributed by atoms with Gasteiger partial charge < -0.3 is 9.64 Å². The Morgan fingerprint density at radius 3 is 2.67 bits per heavy atom. The van der Waals surface area contributed by atoms with Gasteiger partial charge in [-0.1, -0.05) is 0 Å². The van der Waals surface area contributed by atoms with Gasteiger partial charge in [-0.2, -0.15) is 0 Å². The quantitative estimate of drug-likeness (QED) is 0.478. The fraction of sp³-hybridized carbons (Fsp3) is 0.429. The summed E-state index contributed by atoms with van der Waals surface area (Å²) >= 11 is 0. The third-order valence-corrected chi connectivity index (χ3v) is 3.95. The largest absolute Gasteiger partial charge is 0.381 e. The molecule has 1 aromatic carbocycles. The van der Waals surface area contributed by atoms with Crippen molar-refractivity contribution in [3.63, 3.8) is 0 Å². The summed E-state index contributed by atoms with van der Waals surface area (Å²) < 4.78 is 5.28. The van der Waals surface area contributed by atoms with E-state index < -0.39 is 16.6 Å². The van der Waals surface area contributed by atoms with Crippen molar-refractivity contribution in [2.75, 3.05) is 24.7 Å². The van der Waals surface area contributed by atoms with Crippen LogP contribution in [0.2, 0.25) is 0 Å². The lowest BCUT2D eigenvalue weighted by molar-refractivity contribution is -0.384. The van der Waals surface area contributed by atoms with Crippen LogP contribution in [0.4, 0.5) is 11.4 Å². The number of benzene rings is 1. The highest BCUT2D eigenvalue weighted by Gasteiger charge is 2.38. The molecule has 1 saturated heterocycles. The first-order valence-electron chi connectivity index (χ1n) is 6.80. The van der Waals surface area contributed by atoms with Crippen molar-refractivity contribution in [2.45, 2.75) is 12.8 Å². The second-order valence-electron chi connectivity index (χ2n) is 5.26. The molecular formula is C14H14N2O5. The second kappa shape index (κ2) is 5.25. The van der Waals surface area contributed by atoms with Gasteiger partial charge in [0.25, 0.3) is 17.4 Å². The highest BCUT2D eigenvalue weighted by Crippen LogP contribution is 2.33. The molecule has 0 saturated carbocycles. The number of rotatable bonds is 3. The molecule has 1 aromatic rings. The molecule has 110 valence electrons. The minimum atomic E-state index is -0.666. The highest BCUT2D eigenvalue weighted by molar-refractivity contribution is 6.52. The molecule has 0 aromatic heterocycles. The molecule has 0 spiro atoms. The topological polar surface area (TPSA) is 89.8 Å². The Morgan fingerprint density at radius 1 is 1.29 bits per heavy atom. The van der Waals surface area contributed by atoms with Gasteiger partial charge in [-0.05, 0) is 24.8 Å². The molecular weight excluding hydrogens is 276 g/mol. The molecule has 21 heavy (non-hydrogen) atoms. The molecule has 2 heterocycles. The van der Waals surface area contributed by atoms with E-state index in [1.165, 1.54) is 23.1 Å². The van der Waals surface area contributed by atoms with Gasteiger partial charge >= 0.3 is 0 Å². The third-order valence-electron chi connectivity index (χ3n) is 3.95. The van der Waals surface area contributed by atoms with Crippen molar-refractivity contribution < 1.29 is 19.2 Å². The van der Waals surface area contributed by atoms with Crippen LogP contribution < -0.4 is 4.90 Å². The molecule has 0 bridgehead atoms. The number of non-ortho nitro benzene ring substituents is 1. The van der Waals surface area contributed by atoms with Gasteiger partial charge in [0.1, 0.15) is 0 Å². The van der Waals surface area contributed by atoms with Crippen LogP contribution in [0, 0.1) is 16.0 Å². The van der Waals surface area contributed by atoms with Crippen molar-refractivity contribution in [3.8, 4) is 0 Å². The van der Waals surface area contributed by atoms with Crippen LogP contribution in [0.1, 0.15) is 23.2 Å². The molecule has 3 rings (SSSR count). The predicted molar refractivity (Wildman–Crippen MR) is 73.3 cm³/mol. The van der Waals surface area contributed by atoms with E-state index in [9.17, 15) is 19.7 Å². The Morgan fingerprint density at radius 2 is 2.00 bits per heavy atom. The van der Waals surface area contributed by atoms with Gasteiger partial charge in [-0.25, -0.2) is 0 Å². The molecule has 0 aliphatic carbocycles. The van der Waals surface area contributed by atoms with Crippen molar-refractivity contribution in [1.82, 2.24) is 0 Å². The summed E-state index contributed by atoms with van der Waals surface area (Å²) in [5.74, 6) is -0.977. The van der Waals surface area contributed by atoms with Crippen molar-refractivity contribution >= 4 is 23.1 Å². The summed E-state index contributed by atoms with van der Waals surface area (Å²) in [4.78, 5) is 35.7. The third kappa shape index (κ3) is 2.40. The molecule has 2 aliphatic heterocycles. The lowest BCUT2D eigenvalue weighted by Gasteiger charge is -2.26. The molecule has 1 amide bonds. The number of hydrogen-bond donors (Lipinski definition) is 0. The molecule has 7 nitrogen and oxygen atoms in total. The molecule has 0 unspecified atom stereocenters. The number of ketones is 1. The first-order valence-corrected chi connectivity index (χ1v) is 6.80. The fourth-order valence-corrected chi connectivity index (χ4v) is 2.77. The standard InChI is InChI=1S/C14H14N2O5/c17-13-11-7-10(16(19)20)1-2-12(11)15(14(13)18)8-9-3-5-21-6-4-9/h1-2,7,9H,3-6,8H2. The van der Waals surface area contributed by atoms with Crippen molar-refractivity contribution in [2.24, 2.45) is 5.92 Å². The summed E-state index contributed by atoms with van der Waals surface area (Å²) in [7, 11) is 0. The molecule has 2 aliphatic rings. The maximum Gasteiger partial charge on any atom is 0.299 e. The molecule has 0 N–H and O–H groups in total. The zero-order valence-electron chi connectivity index (χ0n) is 11.3. The van der Waals surface area contributed by atoms with E-state index in [1.807, 2.05) is 0 Å². The number of nitro benzene ring substituents is 1. The lowest BCUT2D eigenvalue weighted by Crippen LogP contribution is -2.36. The minimum Gasteiger partial charge on any atom is -0.381 e. The number of amides is 1. The Labute approximate surface area is 120 Å². The number of nitrogens with zero attached hydrogens (tertiary/aromatic N) is 2. The summed E-state index contributed by atoms with van der Waals surface area (Å²) in [5.41, 5.74) is 0.422. The second-order valence-corrected chi connectivity index (χ2v) is 5.26. The summed E-state index contributed by atoms with van der Waals surface area (Å²) in [5, 5.41) is 10.8. The lowest BCUT2D eigenvalue weighted by atomic mass is 9.99. The van der Waals surface area contributed by atoms with E-state index in [-0.39, 0.29) is 17.2 Å². The smallest absolute Gasteiger partial charge is 0.299 e. The number of fused-ring (bicyclic) bond motifs is 1. The first-order chi connectivity index (χ1) is 10.1. The molecule has 7 heteroatoms. The van der Waals surface area contributed by atoms with Crippen LogP contribution in [0.25, 0.3) is 0 Å². The van der Waals surface area contributed by atoms with Crippen LogP contribution in [0.15, 0.2) is 18.2 Å². The first kappa shape index (κ1) is 13.7. The zero-order valence-corrected chi connectivity index (χ0v) is 11.3. The van der Waals surface area contributed by atoms with Crippen LogP contribution in [0.3, 0.4) is 0 Å². The molecule has 1 fully saturated rings. The predicted octanol–water partition coefficient (Wildman–Crippen LogP) is 1.55. The van der Waals surface area contributed by atoms with Crippen LogP contribution in [-0.2, 0) is 9.53 Å². The van der Waals surface area contributed by atoms with E-state index in [4.69, 9.17) is 4.74 Å². The fourth-order valence-electron chi connectivity index (χ4n) is 2.77. The van der Waals surface area contributed by atoms with E-state index in [0.29, 0.717) is 25.4 Å². The van der Waals surface area contributed by atoms with E-state index in [2.05, 4.69) is 0 Å². The van der Waals surface area contributed by atoms with Crippen molar-refractivity contribution in [3.05, 3.63) is 33.9 Å². The van der Waals surface area contributed by atoms with Crippen LogP contribution in [0.5, 0.6) is 0 Å². The van der Waals surface area contributed by atoms with E-state index in [0.717, 1.165) is 12.8 Å². The Hall–Kier alpha value is -2.28. The number of Topliss-reactive ketones (excluding diaryl/α,β-unsaturated/α-hetero) is 1. The molecule has 0 atom stereocenters.